The van der Waals surface area contributed by atoms with Gasteiger partial charge in [-0.15, -0.1) is 0 Å². The molecular weight excluding hydrogens is 289 g/mol. The van der Waals surface area contributed by atoms with Crippen LogP contribution in [0.5, 0.6) is 5.75 Å². The summed E-state index contributed by atoms with van der Waals surface area (Å²) >= 11 is 5.67. The molecule has 2 aromatic carbocycles. The fourth-order valence-corrected chi connectivity index (χ4v) is 1.93. The van der Waals surface area contributed by atoms with E-state index in [1.807, 2.05) is 24.3 Å². The summed E-state index contributed by atoms with van der Waals surface area (Å²) in [6.07, 6.45) is 0. The molecule has 2 aromatic rings. The average molecular weight is 308 g/mol. The van der Waals surface area contributed by atoms with E-state index in [1.165, 1.54) is 6.07 Å². The number of halogens is 2. The molecule has 4 heteroatoms. The molecule has 0 amide bonds. The van der Waals surface area contributed by atoms with Gasteiger partial charge in [0.1, 0.15) is 11.6 Å². The monoisotopic (exact) mass is 307 g/mol. The van der Waals surface area contributed by atoms with E-state index in [4.69, 9.17) is 16.3 Å². The van der Waals surface area contributed by atoms with E-state index in [0.29, 0.717) is 19.1 Å². The van der Waals surface area contributed by atoms with Gasteiger partial charge in [0.15, 0.2) is 0 Å². The average Bonchev–Trinajstić information content (AvgIpc) is 2.47. The van der Waals surface area contributed by atoms with Gasteiger partial charge >= 0.3 is 0 Å². The molecule has 1 N–H and O–H groups in total. The highest BCUT2D eigenvalue weighted by Gasteiger charge is 2.02. The molecule has 0 spiro atoms. The molecule has 0 heterocycles. The van der Waals surface area contributed by atoms with Crippen LogP contribution in [-0.4, -0.2) is 6.61 Å². The topological polar surface area (TPSA) is 21.3 Å². The first-order chi connectivity index (χ1) is 10.0. The number of ether oxygens (including phenoxy) is 1. The lowest BCUT2D eigenvalue weighted by atomic mass is 10.2. The lowest BCUT2D eigenvalue weighted by molar-refractivity contribution is 0.271. The van der Waals surface area contributed by atoms with Gasteiger partial charge in [-0.1, -0.05) is 37.6 Å². The van der Waals surface area contributed by atoms with E-state index >= 15 is 0 Å². The third-order valence-corrected chi connectivity index (χ3v) is 3.20. The zero-order valence-electron chi connectivity index (χ0n) is 12.2. The minimum atomic E-state index is -0.398. The Morgan fingerprint density at radius 1 is 1.19 bits per heavy atom. The Hall–Kier alpha value is -1.74. The Morgan fingerprint density at radius 3 is 2.71 bits per heavy atom. The van der Waals surface area contributed by atoms with Crippen LogP contribution in [0.4, 0.5) is 10.1 Å². The maximum atomic E-state index is 13.4. The number of rotatable bonds is 6. The van der Waals surface area contributed by atoms with Gasteiger partial charge in [0, 0.05) is 18.3 Å². The lowest BCUT2D eigenvalue weighted by Crippen LogP contribution is -2.05. The van der Waals surface area contributed by atoms with Gasteiger partial charge in [0.05, 0.1) is 11.6 Å². The van der Waals surface area contributed by atoms with E-state index < -0.39 is 5.82 Å². The van der Waals surface area contributed by atoms with E-state index in [0.717, 1.165) is 17.0 Å². The molecule has 0 aromatic heterocycles. The van der Waals surface area contributed by atoms with Gasteiger partial charge in [-0.25, -0.2) is 4.39 Å². The van der Waals surface area contributed by atoms with Crippen molar-refractivity contribution >= 4 is 17.3 Å². The molecule has 0 aliphatic rings. The van der Waals surface area contributed by atoms with E-state index in [9.17, 15) is 4.39 Å². The molecular formula is C17H19ClFNO. The van der Waals surface area contributed by atoms with Crippen LogP contribution in [-0.2, 0) is 6.54 Å². The Balaban J connectivity index is 1.96. The van der Waals surface area contributed by atoms with Crippen molar-refractivity contribution in [1.29, 1.82) is 0 Å². The summed E-state index contributed by atoms with van der Waals surface area (Å²) in [4.78, 5) is 0. The molecule has 0 saturated carbocycles. The number of hydrogen-bond donors (Lipinski definition) is 1. The third kappa shape index (κ3) is 4.94. The predicted octanol–water partition coefficient (Wildman–Crippen LogP) is 5.13. The van der Waals surface area contributed by atoms with Crippen LogP contribution in [0.3, 0.4) is 0 Å². The first kappa shape index (κ1) is 15.6. The van der Waals surface area contributed by atoms with Gasteiger partial charge in [0.25, 0.3) is 0 Å². The molecule has 2 rings (SSSR count). The Labute approximate surface area is 129 Å². The van der Waals surface area contributed by atoms with Crippen molar-refractivity contribution in [3.05, 3.63) is 58.9 Å². The predicted molar refractivity (Wildman–Crippen MR) is 85.5 cm³/mol. The Bertz CT molecular complexity index is 601. The van der Waals surface area contributed by atoms with Gasteiger partial charge in [-0.2, -0.15) is 0 Å². The highest BCUT2D eigenvalue weighted by atomic mass is 35.5. The molecule has 0 atom stereocenters. The molecule has 2 nitrogen and oxygen atoms in total. The van der Waals surface area contributed by atoms with Crippen molar-refractivity contribution in [2.75, 3.05) is 11.9 Å². The van der Waals surface area contributed by atoms with E-state index in [-0.39, 0.29) is 5.02 Å². The van der Waals surface area contributed by atoms with Crippen LogP contribution in [0, 0.1) is 11.7 Å². The zero-order chi connectivity index (χ0) is 15.2. The van der Waals surface area contributed by atoms with Crippen LogP contribution >= 0.6 is 11.6 Å². The normalized spacial score (nSPS) is 10.7. The van der Waals surface area contributed by atoms with Crippen LogP contribution in [0.2, 0.25) is 5.02 Å². The van der Waals surface area contributed by atoms with Crippen molar-refractivity contribution in [2.45, 2.75) is 20.4 Å². The van der Waals surface area contributed by atoms with Crippen LogP contribution < -0.4 is 10.1 Å². The smallest absolute Gasteiger partial charge is 0.142 e. The zero-order valence-corrected chi connectivity index (χ0v) is 13.0. The molecule has 0 unspecified atom stereocenters. The quantitative estimate of drug-likeness (QED) is 0.799. The van der Waals surface area contributed by atoms with Crippen molar-refractivity contribution < 1.29 is 9.13 Å². The van der Waals surface area contributed by atoms with Gasteiger partial charge < -0.3 is 10.1 Å². The summed E-state index contributed by atoms with van der Waals surface area (Å²) in [5, 5.41) is 3.39. The SMILES string of the molecule is CC(C)COc1cccc(NCc2ccc(Cl)c(F)c2)c1. The maximum Gasteiger partial charge on any atom is 0.142 e. The van der Waals surface area contributed by atoms with Gasteiger partial charge in [-0.3, -0.25) is 0 Å². The van der Waals surface area contributed by atoms with E-state index in [2.05, 4.69) is 19.2 Å². The second kappa shape index (κ2) is 7.32. The fourth-order valence-electron chi connectivity index (χ4n) is 1.81. The third-order valence-electron chi connectivity index (χ3n) is 2.90. The summed E-state index contributed by atoms with van der Waals surface area (Å²) in [7, 11) is 0. The number of nitrogens with one attached hydrogen (secondary N) is 1. The maximum absolute atomic E-state index is 13.4. The largest absolute Gasteiger partial charge is 0.493 e. The van der Waals surface area contributed by atoms with Crippen molar-refractivity contribution in [3.8, 4) is 5.75 Å². The molecule has 0 aliphatic carbocycles. The van der Waals surface area contributed by atoms with Crippen molar-refractivity contribution in [3.63, 3.8) is 0 Å². The number of hydrogen-bond acceptors (Lipinski definition) is 2. The number of benzene rings is 2. The van der Waals surface area contributed by atoms with E-state index in [1.54, 1.807) is 12.1 Å². The Kier molecular flexibility index (Phi) is 5.45. The summed E-state index contributed by atoms with van der Waals surface area (Å²) in [5.41, 5.74) is 1.78. The summed E-state index contributed by atoms with van der Waals surface area (Å²) in [5.74, 6) is 0.916. The van der Waals surface area contributed by atoms with Crippen LogP contribution in [0.25, 0.3) is 0 Å². The minimum Gasteiger partial charge on any atom is -0.493 e. The summed E-state index contributed by atoms with van der Waals surface area (Å²) in [6.45, 7) is 5.43. The highest BCUT2D eigenvalue weighted by Crippen LogP contribution is 2.20. The Morgan fingerprint density at radius 2 is 2.00 bits per heavy atom. The summed E-state index contributed by atoms with van der Waals surface area (Å²) in [6, 6.07) is 12.6. The molecule has 21 heavy (non-hydrogen) atoms. The molecule has 0 radical (unpaired) electrons. The van der Waals surface area contributed by atoms with Crippen molar-refractivity contribution in [1.82, 2.24) is 0 Å². The van der Waals surface area contributed by atoms with Crippen LogP contribution in [0.1, 0.15) is 19.4 Å². The van der Waals surface area contributed by atoms with Gasteiger partial charge in [0.2, 0.25) is 0 Å². The lowest BCUT2D eigenvalue weighted by Gasteiger charge is -2.11. The van der Waals surface area contributed by atoms with Gasteiger partial charge in [-0.05, 0) is 35.7 Å². The second-order valence-electron chi connectivity index (χ2n) is 5.33. The minimum absolute atomic E-state index is 0.142. The van der Waals surface area contributed by atoms with Crippen LogP contribution in [0.15, 0.2) is 42.5 Å². The van der Waals surface area contributed by atoms with Crippen molar-refractivity contribution in [2.24, 2.45) is 5.92 Å². The highest BCUT2D eigenvalue weighted by molar-refractivity contribution is 6.30. The molecule has 0 fully saturated rings. The first-order valence-electron chi connectivity index (χ1n) is 6.95. The standard InChI is InChI=1S/C17H19ClFNO/c1-12(2)11-21-15-5-3-4-14(9-15)20-10-13-6-7-16(18)17(19)8-13/h3-9,12,20H,10-11H2,1-2H3. The molecule has 0 aliphatic heterocycles. The first-order valence-corrected chi connectivity index (χ1v) is 7.33. The molecule has 0 bridgehead atoms. The second-order valence-corrected chi connectivity index (χ2v) is 5.74. The number of anilines is 1. The fraction of sp³-hybridized carbons (Fsp3) is 0.294. The molecule has 0 saturated heterocycles. The summed E-state index contributed by atoms with van der Waals surface area (Å²) < 4.78 is 19.0. The molecule has 112 valence electrons.